The number of aromatic nitrogens is 1. The van der Waals surface area contributed by atoms with Gasteiger partial charge in [-0.15, -0.1) is 0 Å². The maximum absolute atomic E-state index is 12.3. The Morgan fingerprint density at radius 1 is 0.510 bits per heavy atom. The van der Waals surface area contributed by atoms with Crippen LogP contribution in [0, 0.1) is 23.2 Å². The fourth-order valence-corrected chi connectivity index (χ4v) is 18.8. The lowest BCUT2D eigenvalue weighted by Crippen LogP contribution is -2.67. The first-order valence-corrected chi connectivity index (χ1v) is 36.8. The largest absolute Gasteiger partial charge is 0.334 e. The van der Waals surface area contributed by atoms with Gasteiger partial charge in [0, 0.05) is 71.6 Å². The van der Waals surface area contributed by atoms with Crippen molar-refractivity contribution in [3.63, 3.8) is 0 Å². The predicted molar refractivity (Wildman–Crippen MR) is 439 cm³/mol. The monoisotopic (exact) mass is 1360 g/mol. The van der Waals surface area contributed by atoms with Crippen molar-refractivity contribution >= 4 is 108 Å². The van der Waals surface area contributed by atoms with E-state index in [4.69, 9.17) is 5.48 Å². The van der Waals surface area contributed by atoms with Crippen LogP contribution in [0.2, 0.25) is 0 Å². The topological polar surface area (TPSA) is 11.4 Å². The fraction of sp³-hybridized carbons (Fsp3) is 0.250. The average Bonchev–Trinajstić information content (AvgIpc) is 1.24. The van der Waals surface area contributed by atoms with E-state index in [1.165, 1.54) is 10.1 Å². The third-order valence-electron chi connectivity index (χ3n) is 22.7. The molecule has 0 spiro atoms. The van der Waals surface area contributed by atoms with Crippen LogP contribution in [0.15, 0.2) is 275 Å². The van der Waals surface area contributed by atoms with Crippen LogP contribution in [0.25, 0.3) is 72.0 Å². The highest BCUT2D eigenvalue weighted by Crippen LogP contribution is 2.57. The molecule has 5 heterocycles. The van der Waals surface area contributed by atoms with Gasteiger partial charge in [0.15, 0.2) is 0 Å². The van der Waals surface area contributed by atoms with E-state index in [-0.39, 0.29) is 105 Å². The normalized spacial score (nSPS) is 22.2. The molecule has 0 saturated carbocycles. The van der Waals surface area contributed by atoms with Crippen molar-refractivity contribution in [3.05, 3.63) is 277 Å². The number of rotatable bonds is 8. The first-order valence-electron chi connectivity index (χ1n) is 48.0. The highest BCUT2D eigenvalue weighted by molar-refractivity contribution is 8.00. The highest BCUT2D eigenvalue weighted by atomic mass is 32.2. The SMILES string of the molecule is [2H]c1c([2H])c([2H])c(-c2c([2H])c([2H])c3c(c2[2H])Sc2c4c(c([2H])c5c2B3c2c([2H])c([2H])c([2H])c3c6c([2H])c([2H])c([2H])c([2H])c6n-5c23)N(c2c(-c3ccccc3)cc(C(C)(C)C)cc2-c2ccccc2)c2cc(C(C)(C)C)cc3c2B4c2c([2H])c([2H])c(-c4c([2H])c([2H])c([2H])c([2H])c4[2H])c([2H])c2N3C2C(C3CC=CCC3)=CC(C(C)(C)C)CC2C2=CCCCC2)c([2H])c1[2H]. The lowest BCUT2D eigenvalue weighted by molar-refractivity contribution is 0.220. The fourth-order valence-electron chi connectivity index (χ4n) is 17.6. The lowest BCUT2D eigenvalue weighted by atomic mass is 9.30. The molecule has 0 amide bonds. The minimum atomic E-state index is -1.69. The van der Waals surface area contributed by atoms with E-state index in [9.17, 15) is 27.4 Å². The van der Waals surface area contributed by atoms with Crippen molar-refractivity contribution in [3.8, 4) is 50.2 Å². The molecule has 11 aromatic carbocycles. The van der Waals surface area contributed by atoms with Gasteiger partial charge in [-0.05, 0) is 205 Å². The summed E-state index contributed by atoms with van der Waals surface area (Å²) in [6.45, 7) is 16.3. The van der Waals surface area contributed by atoms with Crippen molar-refractivity contribution in [1.29, 1.82) is 0 Å². The van der Waals surface area contributed by atoms with Gasteiger partial charge in [-0.1, -0.05) is 291 Å². The second-order valence-electron chi connectivity index (χ2n) is 31.7. The summed E-state index contributed by atoms with van der Waals surface area (Å²) in [4.78, 5) is 4.30. The zero-order valence-electron chi connectivity index (χ0n) is 82.8. The maximum atomic E-state index is 12.3. The van der Waals surface area contributed by atoms with Gasteiger partial charge in [0.25, 0.3) is 6.71 Å². The van der Waals surface area contributed by atoms with Gasteiger partial charge >= 0.3 is 0 Å². The summed E-state index contributed by atoms with van der Waals surface area (Å²) in [6, 6.07) is 11.5. The van der Waals surface area contributed by atoms with Crippen LogP contribution in [-0.4, -0.2) is 24.0 Å². The van der Waals surface area contributed by atoms with E-state index in [2.05, 4.69) is 121 Å². The van der Waals surface area contributed by atoms with E-state index in [0.717, 1.165) is 78.1 Å². The van der Waals surface area contributed by atoms with E-state index >= 15 is 0 Å². The number of nitrogens with zero attached hydrogens (tertiary/aromatic N) is 3. The molecule has 1 aromatic heterocycles. The lowest BCUT2D eigenvalue weighted by Gasteiger charge is -2.53. The van der Waals surface area contributed by atoms with Gasteiger partial charge in [0.2, 0.25) is 6.71 Å². The van der Waals surface area contributed by atoms with Gasteiger partial charge in [-0.25, -0.2) is 0 Å². The van der Waals surface area contributed by atoms with Gasteiger partial charge in [0.1, 0.15) is 0 Å². The molecule has 3 nitrogen and oxygen atoms in total. The molecule has 7 aliphatic rings. The molecule has 4 unspecified atom stereocenters. The summed E-state index contributed by atoms with van der Waals surface area (Å²) in [5, 5.41) is -0.431. The number of allylic oxidation sites excluding steroid dienone is 4. The summed E-state index contributed by atoms with van der Waals surface area (Å²) in [6.07, 6.45) is 15.4. The summed E-state index contributed by atoms with van der Waals surface area (Å²) < 4.78 is 243. The first-order chi connectivity index (χ1) is 59.5. The van der Waals surface area contributed by atoms with Crippen LogP contribution in [-0.2, 0) is 10.8 Å². The van der Waals surface area contributed by atoms with E-state index in [0.29, 0.717) is 46.5 Å². The van der Waals surface area contributed by atoms with Crippen LogP contribution in [0.3, 0.4) is 0 Å². The van der Waals surface area contributed by atoms with E-state index < -0.39 is 192 Å². The molecule has 0 radical (unpaired) electrons. The molecular weight excluding hydrogens is 1250 g/mol. The van der Waals surface area contributed by atoms with Crippen LogP contribution >= 0.6 is 11.8 Å². The van der Waals surface area contributed by atoms with Gasteiger partial charge in [-0.3, -0.25) is 0 Å². The molecule has 19 rings (SSSR count). The Morgan fingerprint density at radius 2 is 1.15 bits per heavy atom. The molecule has 3 aliphatic carbocycles. The van der Waals surface area contributed by atoms with Gasteiger partial charge < -0.3 is 14.4 Å². The Bertz CT molecular complexity index is 6880. The van der Waals surface area contributed by atoms with Gasteiger partial charge in [-0.2, -0.15) is 0 Å². The van der Waals surface area contributed by atoms with Crippen molar-refractivity contribution in [2.45, 2.75) is 140 Å². The molecule has 6 heteroatoms. The molecule has 0 saturated heterocycles. The van der Waals surface area contributed by atoms with Crippen LogP contribution in [0.4, 0.5) is 28.4 Å². The number of fused-ring (bicyclic) bond motifs is 12. The number of hydrogen-bond donors (Lipinski definition) is 0. The maximum Gasteiger partial charge on any atom is 0.253 e. The number of anilines is 5. The second-order valence-corrected chi connectivity index (χ2v) is 32.8. The van der Waals surface area contributed by atoms with Crippen LogP contribution in [0.5, 0.6) is 0 Å². The Balaban J connectivity index is 1.11. The molecule has 4 atom stereocenters. The van der Waals surface area contributed by atoms with E-state index in [1.54, 1.807) is 0 Å². The minimum absolute atomic E-state index is 0.0200. The van der Waals surface area contributed by atoms with Crippen LogP contribution < -0.4 is 42.6 Å². The average molecular weight is 1360 g/mol. The minimum Gasteiger partial charge on any atom is -0.334 e. The summed E-state index contributed by atoms with van der Waals surface area (Å²) in [5.41, 5.74) is 4.70. The first kappa shape index (κ1) is 42.8. The van der Waals surface area contributed by atoms with Crippen molar-refractivity contribution in [2.75, 3.05) is 9.80 Å². The molecule has 12 aromatic rings. The number of para-hydroxylation sites is 2. The quantitative estimate of drug-likeness (QED) is 0.111. The molecule has 0 bridgehead atoms. The second kappa shape index (κ2) is 24.1. The smallest absolute Gasteiger partial charge is 0.253 e. The molecule has 0 N–H and O–H groups in total. The van der Waals surface area contributed by atoms with E-state index in [1.807, 2.05) is 60.7 Å². The molecule has 4 aliphatic heterocycles. The standard InChI is InChI=1S/C96H89B2N3S/c1-94(2,3)68-53-73(62-35-20-12-21-36-62)90(74(54-68)63-37-22-13-23-38-63)100-81-51-66(60-31-16-10-17-32-60)47-49-77(81)98-87-82(100)57-70(96(7,8)9)58-83(87)101(91-75(64-39-24-14-25-40-64)55-69(95(4,5)6)56-76(91)65-41-26-15-27-42-65)85-59-84-88-93(89(85)98)102-86-52-67(61-33-18-11-19-34-61)48-50-78(86)97(88)79-45-30-44-72-71-43-28-29-46-80(71)99(84)92(72)79/h10-12,14-20,24-34,37,39-53,55-59,62,68,74,90H,13,21-23,35-36,38,54H2,1-9H3/i10D,11D,16D,17D,18D,19D,28D,29D,30D,31D,32D,33D,34D,43D,44D,45D,46D,47D,48D,49D,50D,51D,52D,59D. The Morgan fingerprint density at radius 3 is 1.80 bits per heavy atom. The molecule has 0 fully saturated rings. The molecular formula is C96H89B2N3S. The highest BCUT2D eigenvalue weighted by Gasteiger charge is 2.53. The van der Waals surface area contributed by atoms with Crippen molar-refractivity contribution in [2.24, 2.45) is 23.2 Å². The molecule has 500 valence electrons. The summed E-state index contributed by atoms with van der Waals surface area (Å²) in [5.74, 6) is -0.472. The van der Waals surface area contributed by atoms with Crippen LogP contribution in [0.1, 0.15) is 158 Å². The summed E-state index contributed by atoms with van der Waals surface area (Å²) in [7, 11) is 0. The Labute approximate surface area is 643 Å². The summed E-state index contributed by atoms with van der Waals surface area (Å²) >= 11 is 0.891. The Hall–Kier alpha value is -9.48. The molecule has 102 heavy (non-hydrogen) atoms. The Kier molecular flexibility index (Phi) is 10.1. The zero-order valence-corrected chi connectivity index (χ0v) is 59.6. The zero-order chi connectivity index (χ0) is 90.0. The predicted octanol–water partition coefficient (Wildman–Crippen LogP) is 21.9. The van der Waals surface area contributed by atoms with Gasteiger partial charge in [0.05, 0.1) is 50.1 Å². The third-order valence-corrected chi connectivity index (χ3v) is 23.8. The van der Waals surface area contributed by atoms with Crippen molar-refractivity contribution in [1.82, 2.24) is 4.57 Å². The third kappa shape index (κ3) is 10.1. The number of hydrogen-bond acceptors (Lipinski definition) is 3. The van der Waals surface area contributed by atoms with Crippen molar-refractivity contribution < 1.29 is 32.9 Å². The number of benzene rings is 11.